The molecule has 0 bridgehead atoms. The molecule has 2 atom stereocenters. The summed E-state index contributed by atoms with van der Waals surface area (Å²) in [6, 6.07) is 12.3. The molecule has 0 fully saturated rings. The molecule has 2 rings (SSSR count). The summed E-state index contributed by atoms with van der Waals surface area (Å²) in [6.45, 7) is 2.15. The van der Waals surface area contributed by atoms with Crippen LogP contribution in [-0.4, -0.2) is 9.78 Å². The molecular formula is C13H17N3. The SMILES string of the molecule is CC(c1ccccc1)C(N)c1ccnn1C. The van der Waals surface area contributed by atoms with Crippen molar-refractivity contribution >= 4 is 0 Å². The van der Waals surface area contributed by atoms with E-state index in [2.05, 4.69) is 24.2 Å². The normalized spacial score (nSPS) is 14.7. The molecule has 0 spiro atoms. The molecule has 1 aromatic carbocycles. The minimum atomic E-state index is -0.0186. The van der Waals surface area contributed by atoms with Crippen molar-refractivity contribution in [2.75, 3.05) is 0 Å². The van der Waals surface area contributed by atoms with Gasteiger partial charge in [0.15, 0.2) is 0 Å². The number of hydrogen-bond donors (Lipinski definition) is 1. The van der Waals surface area contributed by atoms with Gasteiger partial charge in [0, 0.05) is 19.2 Å². The van der Waals surface area contributed by atoms with Gasteiger partial charge in [-0.3, -0.25) is 4.68 Å². The first-order valence-corrected chi connectivity index (χ1v) is 5.48. The van der Waals surface area contributed by atoms with Crippen LogP contribution in [0.15, 0.2) is 42.6 Å². The van der Waals surface area contributed by atoms with Crippen molar-refractivity contribution in [2.24, 2.45) is 12.8 Å². The molecule has 16 heavy (non-hydrogen) atoms. The third-order valence-corrected chi connectivity index (χ3v) is 3.06. The quantitative estimate of drug-likeness (QED) is 0.853. The summed E-state index contributed by atoms with van der Waals surface area (Å²) in [5, 5.41) is 4.15. The molecule has 0 saturated heterocycles. The van der Waals surface area contributed by atoms with Crippen molar-refractivity contribution < 1.29 is 0 Å². The molecule has 0 aliphatic heterocycles. The van der Waals surface area contributed by atoms with Gasteiger partial charge in [0.05, 0.1) is 11.7 Å². The van der Waals surface area contributed by atoms with Crippen LogP contribution in [0.1, 0.15) is 30.1 Å². The lowest BCUT2D eigenvalue weighted by molar-refractivity contribution is 0.545. The first kappa shape index (κ1) is 10.9. The molecule has 0 saturated carbocycles. The van der Waals surface area contributed by atoms with Crippen LogP contribution in [0.25, 0.3) is 0 Å². The van der Waals surface area contributed by atoms with Crippen LogP contribution in [0.4, 0.5) is 0 Å². The summed E-state index contributed by atoms with van der Waals surface area (Å²) in [7, 11) is 1.92. The molecule has 0 amide bonds. The Balaban J connectivity index is 2.23. The molecule has 3 nitrogen and oxygen atoms in total. The third-order valence-electron chi connectivity index (χ3n) is 3.06. The lowest BCUT2D eigenvalue weighted by atomic mass is 9.92. The van der Waals surface area contributed by atoms with E-state index >= 15 is 0 Å². The number of benzene rings is 1. The maximum absolute atomic E-state index is 6.25. The van der Waals surface area contributed by atoms with Crippen LogP contribution in [-0.2, 0) is 7.05 Å². The topological polar surface area (TPSA) is 43.8 Å². The zero-order valence-corrected chi connectivity index (χ0v) is 9.67. The van der Waals surface area contributed by atoms with Gasteiger partial charge >= 0.3 is 0 Å². The van der Waals surface area contributed by atoms with E-state index in [9.17, 15) is 0 Å². The Labute approximate surface area is 95.9 Å². The summed E-state index contributed by atoms with van der Waals surface area (Å²) >= 11 is 0. The molecule has 1 heterocycles. The van der Waals surface area contributed by atoms with E-state index in [1.807, 2.05) is 36.0 Å². The Bertz CT molecular complexity index is 447. The van der Waals surface area contributed by atoms with Crippen LogP contribution >= 0.6 is 0 Å². The van der Waals surface area contributed by atoms with E-state index < -0.39 is 0 Å². The number of aryl methyl sites for hydroxylation is 1. The fourth-order valence-corrected chi connectivity index (χ4v) is 1.93. The van der Waals surface area contributed by atoms with E-state index in [0.29, 0.717) is 0 Å². The molecule has 1 aromatic heterocycles. The molecule has 0 aliphatic carbocycles. The van der Waals surface area contributed by atoms with Gasteiger partial charge in [0.1, 0.15) is 0 Å². The molecular weight excluding hydrogens is 198 g/mol. The minimum Gasteiger partial charge on any atom is -0.322 e. The highest BCUT2D eigenvalue weighted by Gasteiger charge is 2.18. The summed E-state index contributed by atoms with van der Waals surface area (Å²) in [6.07, 6.45) is 1.78. The second-order valence-electron chi connectivity index (χ2n) is 4.10. The molecule has 2 unspecified atom stereocenters. The van der Waals surface area contributed by atoms with Crippen molar-refractivity contribution in [1.29, 1.82) is 0 Å². The second-order valence-corrected chi connectivity index (χ2v) is 4.10. The van der Waals surface area contributed by atoms with Gasteiger partial charge in [-0.25, -0.2) is 0 Å². The molecule has 2 N–H and O–H groups in total. The van der Waals surface area contributed by atoms with Crippen molar-refractivity contribution in [2.45, 2.75) is 18.9 Å². The monoisotopic (exact) mass is 215 g/mol. The van der Waals surface area contributed by atoms with Gasteiger partial charge in [-0.15, -0.1) is 0 Å². The second kappa shape index (κ2) is 4.49. The van der Waals surface area contributed by atoms with E-state index in [0.717, 1.165) is 5.69 Å². The highest BCUT2D eigenvalue weighted by atomic mass is 15.3. The number of nitrogens with two attached hydrogens (primary N) is 1. The van der Waals surface area contributed by atoms with Gasteiger partial charge < -0.3 is 5.73 Å². The summed E-state index contributed by atoms with van der Waals surface area (Å²) in [4.78, 5) is 0. The van der Waals surface area contributed by atoms with Crippen molar-refractivity contribution in [1.82, 2.24) is 9.78 Å². The Morgan fingerprint density at radius 1 is 1.19 bits per heavy atom. The van der Waals surface area contributed by atoms with Gasteiger partial charge in [-0.05, 0) is 11.6 Å². The zero-order valence-electron chi connectivity index (χ0n) is 9.67. The maximum atomic E-state index is 6.25. The first-order valence-electron chi connectivity index (χ1n) is 5.48. The smallest absolute Gasteiger partial charge is 0.0554 e. The summed E-state index contributed by atoms with van der Waals surface area (Å²) in [5.74, 6) is 0.289. The molecule has 0 radical (unpaired) electrons. The average molecular weight is 215 g/mol. The van der Waals surface area contributed by atoms with E-state index in [4.69, 9.17) is 5.73 Å². The lowest BCUT2D eigenvalue weighted by Gasteiger charge is -2.20. The molecule has 3 heteroatoms. The van der Waals surface area contributed by atoms with Crippen molar-refractivity contribution in [3.8, 4) is 0 Å². The van der Waals surface area contributed by atoms with Gasteiger partial charge in [0.25, 0.3) is 0 Å². The molecule has 84 valence electrons. The van der Waals surface area contributed by atoms with Gasteiger partial charge in [0.2, 0.25) is 0 Å². The van der Waals surface area contributed by atoms with Crippen LogP contribution < -0.4 is 5.73 Å². The predicted octanol–water partition coefficient (Wildman–Crippen LogP) is 2.22. The first-order chi connectivity index (χ1) is 7.70. The van der Waals surface area contributed by atoms with Gasteiger partial charge in [-0.2, -0.15) is 5.10 Å². The Hall–Kier alpha value is -1.61. The number of aromatic nitrogens is 2. The third kappa shape index (κ3) is 1.99. The van der Waals surface area contributed by atoms with E-state index in [1.54, 1.807) is 6.20 Å². The highest BCUT2D eigenvalue weighted by Crippen LogP contribution is 2.27. The summed E-state index contributed by atoms with van der Waals surface area (Å²) in [5.41, 5.74) is 8.58. The Morgan fingerprint density at radius 2 is 1.88 bits per heavy atom. The Morgan fingerprint density at radius 3 is 2.44 bits per heavy atom. The average Bonchev–Trinajstić information content (AvgIpc) is 2.75. The maximum Gasteiger partial charge on any atom is 0.0554 e. The fourth-order valence-electron chi connectivity index (χ4n) is 1.93. The number of hydrogen-bond acceptors (Lipinski definition) is 2. The number of rotatable bonds is 3. The van der Waals surface area contributed by atoms with Crippen LogP contribution in [0.2, 0.25) is 0 Å². The van der Waals surface area contributed by atoms with Gasteiger partial charge in [-0.1, -0.05) is 37.3 Å². The number of nitrogens with zero attached hydrogens (tertiary/aromatic N) is 2. The van der Waals surface area contributed by atoms with Crippen molar-refractivity contribution in [3.63, 3.8) is 0 Å². The largest absolute Gasteiger partial charge is 0.322 e. The Kier molecular flexibility index (Phi) is 3.06. The van der Waals surface area contributed by atoms with E-state index in [-0.39, 0.29) is 12.0 Å². The highest BCUT2D eigenvalue weighted by molar-refractivity contribution is 5.23. The van der Waals surface area contributed by atoms with Crippen LogP contribution in [0, 0.1) is 0 Å². The molecule has 2 aromatic rings. The zero-order chi connectivity index (χ0) is 11.5. The van der Waals surface area contributed by atoms with Crippen LogP contribution in [0.3, 0.4) is 0 Å². The fraction of sp³-hybridized carbons (Fsp3) is 0.308. The summed E-state index contributed by atoms with van der Waals surface area (Å²) < 4.78 is 1.84. The standard InChI is InChI=1S/C13H17N3/c1-10(11-6-4-3-5-7-11)13(14)12-8-9-15-16(12)2/h3-10,13H,14H2,1-2H3. The van der Waals surface area contributed by atoms with Crippen molar-refractivity contribution in [3.05, 3.63) is 53.9 Å². The molecule has 0 aliphatic rings. The van der Waals surface area contributed by atoms with E-state index in [1.165, 1.54) is 5.56 Å². The lowest BCUT2D eigenvalue weighted by Crippen LogP contribution is -2.20. The van der Waals surface area contributed by atoms with Crippen LogP contribution in [0.5, 0.6) is 0 Å². The predicted molar refractivity (Wildman–Crippen MR) is 65.0 cm³/mol. The minimum absolute atomic E-state index is 0.0186.